The van der Waals surface area contributed by atoms with Crippen molar-refractivity contribution >= 4 is 0 Å². The van der Waals surface area contributed by atoms with Gasteiger partial charge >= 0.3 is 0 Å². The summed E-state index contributed by atoms with van der Waals surface area (Å²) >= 11 is 0. The first-order chi connectivity index (χ1) is 5.33. The van der Waals surface area contributed by atoms with E-state index < -0.39 is 0 Å². The number of rotatable bonds is 5. The minimum Gasteiger partial charge on any atom is -0.330 e. The van der Waals surface area contributed by atoms with Crippen LogP contribution in [-0.4, -0.2) is 13.1 Å². The van der Waals surface area contributed by atoms with Crippen molar-refractivity contribution in [1.29, 1.82) is 0 Å². The number of unbranched alkanes of at least 4 members (excludes halogenated alkanes) is 2. The molecule has 3 nitrogen and oxygen atoms in total. The van der Waals surface area contributed by atoms with Crippen LogP contribution in [0.4, 0.5) is 0 Å². The number of nitrogens with zero attached hydrogens (tertiary/aromatic N) is 1. The van der Waals surface area contributed by atoms with Gasteiger partial charge in [0.25, 0.3) is 0 Å². The van der Waals surface area contributed by atoms with E-state index in [1.807, 2.05) is 6.92 Å². The van der Waals surface area contributed by atoms with E-state index in [0.717, 1.165) is 13.0 Å². The lowest BCUT2D eigenvalue weighted by atomic mass is 10.3. The SMILES string of the molecule is CCCCCN.CCCN=O. The highest BCUT2D eigenvalue weighted by atomic mass is 16.3. The number of nitrogens with two attached hydrogens (primary N) is 1. The van der Waals surface area contributed by atoms with E-state index >= 15 is 0 Å². The largest absolute Gasteiger partial charge is 0.330 e. The molecule has 0 atom stereocenters. The van der Waals surface area contributed by atoms with E-state index in [0.29, 0.717) is 6.54 Å². The summed E-state index contributed by atoms with van der Waals surface area (Å²) in [6.45, 7) is 5.41. The molecule has 0 radical (unpaired) electrons. The van der Waals surface area contributed by atoms with Crippen LogP contribution < -0.4 is 5.73 Å². The van der Waals surface area contributed by atoms with Crippen LogP contribution in [0.5, 0.6) is 0 Å². The van der Waals surface area contributed by atoms with Gasteiger partial charge < -0.3 is 5.73 Å². The Balaban J connectivity index is 0. The van der Waals surface area contributed by atoms with Gasteiger partial charge in [0.05, 0.1) is 6.54 Å². The van der Waals surface area contributed by atoms with Gasteiger partial charge in [-0.25, -0.2) is 0 Å². The highest BCUT2D eigenvalue weighted by molar-refractivity contribution is 4.35. The van der Waals surface area contributed by atoms with Gasteiger partial charge in [0.1, 0.15) is 0 Å². The zero-order chi connectivity index (χ0) is 8.95. The predicted octanol–water partition coefficient (Wildman–Crippen LogP) is 2.30. The fourth-order valence-corrected chi connectivity index (χ4v) is 0.486. The maximum atomic E-state index is 9.15. The van der Waals surface area contributed by atoms with Crippen molar-refractivity contribution in [3.05, 3.63) is 4.91 Å². The standard InChI is InChI=1S/C5H13N.C3H7NO/c1-2-3-4-5-6;1-2-3-4-5/h2-6H2,1H3;2-3H2,1H3. The van der Waals surface area contributed by atoms with Crippen molar-refractivity contribution in [3.8, 4) is 0 Å². The molecule has 0 aromatic carbocycles. The second-order valence-electron chi connectivity index (χ2n) is 2.35. The molecule has 0 heterocycles. The van der Waals surface area contributed by atoms with Crippen molar-refractivity contribution < 1.29 is 0 Å². The van der Waals surface area contributed by atoms with E-state index in [1.165, 1.54) is 19.3 Å². The third-order valence-electron chi connectivity index (χ3n) is 1.12. The van der Waals surface area contributed by atoms with Gasteiger partial charge in [-0.2, -0.15) is 4.91 Å². The molecular weight excluding hydrogens is 140 g/mol. The van der Waals surface area contributed by atoms with E-state index in [2.05, 4.69) is 12.1 Å². The van der Waals surface area contributed by atoms with Crippen LogP contribution in [0.3, 0.4) is 0 Å². The first kappa shape index (κ1) is 13.2. The summed E-state index contributed by atoms with van der Waals surface area (Å²) < 4.78 is 0. The van der Waals surface area contributed by atoms with Crippen LogP contribution in [0, 0.1) is 4.91 Å². The van der Waals surface area contributed by atoms with Gasteiger partial charge in [-0.05, 0) is 19.4 Å². The van der Waals surface area contributed by atoms with E-state index in [9.17, 15) is 0 Å². The quantitative estimate of drug-likeness (QED) is 0.495. The smallest absolute Gasteiger partial charge is 0.0808 e. The minimum atomic E-state index is 0.458. The highest BCUT2D eigenvalue weighted by Crippen LogP contribution is 1.88. The highest BCUT2D eigenvalue weighted by Gasteiger charge is 1.75. The molecule has 0 bridgehead atoms. The Morgan fingerprint density at radius 1 is 1.18 bits per heavy atom. The summed E-state index contributed by atoms with van der Waals surface area (Å²) in [4.78, 5) is 9.15. The molecule has 0 aromatic rings. The van der Waals surface area contributed by atoms with Crippen molar-refractivity contribution in [2.45, 2.75) is 39.5 Å². The monoisotopic (exact) mass is 160 g/mol. The molecule has 0 saturated heterocycles. The summed E-state index contributed by atoms with van der Waals surface area (Å²) in [6, 6.07) is 0. The Kier molecular flexibility index (Phi) is 19.5. The summed E-state index contributed by atoms with van der Waals surface area (Å²) in [7, 11) is 0. The third-order valence-corrected chi connectivity index (χ3v) is 1.12. The first-order valence-corrected chi connectivity index (χ1v) is 4.32. The third kappa shape index (κ3) is 26.3. The average molecular weight is 160 g/mol. The molecule has 0 aliphatic carbocycles. The van der Waals surface area contributed by atoms with Crippen LogP contribution in [-0.2, 0) is 0 Å². The molecule has 0 rings (SSSR count). The molecule has 0 amide bonds. The van der Waals surface area contributed by atoms with Crippen molar-refractivity contribution in [2.75, 3.05) is 13.1 Å². The molecule has 0 spiro atoms. The molecule has 68 valence electrons. The Labute approximate surface area is 69.3 Å². The van der Waals surface area contributed by atoms with Gasteiger partial charge in [0.15, 0.2) is 0 Å². The van der Waals surface area contributed by atoms with Crippen LogP contribution in [0.1, 0.15) is 39.5 Å². The Morgan fingerprint density at radius 3 is 1.91 bits per heavy atom. The van der Waals surface area contributed by atoms with Crippen molar-refractivity contribution in [1.82, 2.24) is 0 Å². The Morgan fingerprint density at radius 2 is 1.82 bits per heavy atom. The van der Waals surface area contributed by atoms with E-state index in [-0.39, 0.29) is 0 Å². The summed E-state index contributed by atoms with van der Waals surface area (Å²) in [5.74, 6) is 0. The van der Waals surface area contributed by atoms with E-state index in [1.54, 1.807) is 0 Å². The van der Waals surface area contributed by atoms with Crippen LogP contribution in [0.15, 0.2) is 5.18 Å². The minimum absolute atomic E-state index is 0.458. The van der Waals surface area contributed by atoms with Crippen LogP contribution in [0.25, 0.3) is 0 Å². The van der Waals surface area contributed by atoms with Gasteiger partial charge in [-0.1, -0.05) is 31.9 Å². The fraction of sp³-hybridized carbons (Fsp3) is 1.00. The summed E-state index contributed by atoms with van der Waals surface area (Å²) in [5, 5.41) is 2.60. The van der Waals surface area contributed by atoms with Crippen molar-refractivity contribution in [3.63, 3.8) is 0 Å². The zero-order valence-electron chi connectivity index (χ0n) is 7.68. The topological polar surface area (TPSA) is 55.4 Å². The van der Waals surface area contributed by atoms with E-state index in [4.69, 9.17) is 10.6 Å². The second kappa shape index (κ2) is 16.3. The Bertz CT molecular complexity index is 63.1. The molecular formula is C8H20N2O. The first-order valence-electron chi connectivity index (χ1n) is 4.32. The maximum absolute atomic E-state index is 9.15. The molecule has 0 aromatic heterocycles. The lowest BCUT2D eigenvalue weighted by Gasteiger charge is -1.86. The van der Waals surface area contributed by atoms with Crippen LogP contribution >= 0.6 is 0 Å². The van der Waals surface area contributed by atoms with Gasteiger partial charge in [-0.3, -0.25) is 0 Å². The number of nitroso groups, excluding NO2 is 1. The lowest BCUT2D eigenvalue weighted by molar-refractivity contribution is 0.727. The maximum Gasteiger partial charge on any atom is 0.0808 e. The molecule has 2 N–H and O–H groups in total. The fourth-order valence-electron chi connectivity index (χ4n) is 0.486. The molecule has 3 heteroatoms. The predicted molar refractivity (Wildman–Crippen MR) is 49.5 cm³/mol. The average Bonchev–Trinajstić information content (AvgIpc) is 2.04. The zero-order valence-corrected chi connectivity index (χ0v) is 7.68. The normalized spacial score (nSPS) is 8.27. The second-order valence-corrected chi connectivity index (χ2v) is 2.35. The molecule has 0 saturated carbocycles. The molecule has 11 heavy (non-hydrogen) atoms. The molecule has 0 aliphatic rings. The molecule has 0 fully saturated rings. The molecule has 0 aliphatic heterocycles. The molecule has 0 unspecified atom stereocenters. The van der Waals surface area contributed by atoms with Gasteiger partial charge in [0, 0.05) is 0 Å². The Hall–Kier alpha value is -0.440. The number of hydrogen-bond donors (Lipinski definition) is 1. The lowest BCUT2D eigenvalue weighted by Crippen LogP contribution is -1.96. The van der Waals surface area contributed by atoms with Crippen LogP contribution in [0.2, 0.25) is 0 Å². The summed E-state index contributed by atoms with van der Waals surface area (Å²) in [6.07, 6.45) is 4.62. The number of hydrogen-bond acceptors (Lipinski definition) is 3. The van der Waals surface area contributed by atoms with Gasteiger partial charge in [-0.15, -0.1) is 0 Å². The van der Waals surface area contributed by atoms with Crippen molar-refractivity contribution in [2.24, 2.45) is 10.9 Å². The van der Waals surface area contributed by atoms with Gasteiger partial charge in [0.2, 0.25) is 0 Å². The summed E-state index contributed by atoms with van der Waals surface area (Å²) in [5.41, 5.74) is 5.21.